The monoisotopic (exact) mass is 480 g/mol. The van der Waals surface area contributed by atoms with Gasteiger partial charge in [-0.3, -0.25) is 19.5 Å². The van der Waals surface area contributed by atoms with E-state index in [0.717, 1.165) is 11.3 Å². The quantitative estimate of drug-likeness (QED) is 0.224. The molecule has 0 aliphatic carbocycles. The van der Waals surface area contributed by atoms with Crippen LogP contribution in [0.15, 0.2) is 59.3 Å². The number of hydrogen-bond acceptors (Lipinski definition) is 8. The van der Waals surface area contributed by atoms with Gasteiger partial charge in [-0.1, -0.05) is 41.6 Å². The van der Waals surface area contributed by atoms with Gasteiger partial charge in [-0.15, -0.1) is 21.5 Å². The zero-order chi connectivity index (χ0) is 23.5. The Morgan fingerprint density at radius 3 is 2.82 bits per heavy atom. The number of anilines is 1. The van der Waals surface area contributed by atoms with Crippen molar-refractivity contribution < 1.29 is 9.72 Å². The Labute approximate surface area is 198 Å². The molecule has 9 nitrogen and oxygen atoms in total. The first-order chi connectivity index (χ1) is 15.8. The molecule has 0 radical (unpaired) electrons. The summed E-state index contributed by atoms with van der Waals surface area (Å²) in [7, 11) is 0. The predicted octanol–water partition coefficient (Wildman–Crippen LogP) is 5.04. The molecule has 0 fully saturated rings. The van der Waals surface area contributed by atoms with Gasteiger partial charge < -0.3 is 5.32 Å². The molecule has 1 atom stereocenters. The first-order valence-electron chi connectivity index (χ1n) is 9.97. The SMILES string of the molecule is Cc1ccc(-n2cnnc2SC(C)C(=O)Nc2nc(-c3cccc([N+](=O)[O-])c3)cs2)c(C)c1. The number of carbonyl (C=O) groups excluding carboxylic acids is 1. The minimum atomic E-state index is -0.455. The number of thioether (sulfide) groups is 1. The van der Waals surface area contributed by atoms with Crippen molar-refractivity contribution in [2.24, 2.45) is 0 Å². The highest BCUT2D eigenvalue weighted by atomic mass is 32.2. The van der Waals surface area contributed by atoms with Crippen LogP contribution in [0.3, 0.4) is 0 Å². The number of nitro benzene ring substituents is 1. The maximum Gasteiger partial charge on any atom is 0.270 e. The van der Waals surface area contributed by atoms with Gasteiger partial charge in [-0.25, -0.2) is 4.98 Å². The topological polar surface area (TPSA) is 116 Å². The van der Waals surface area contributed by atoms with Crippen LogP contribution in [0.4, 0.5) is 10.8 Å². The number of non-ortho nitro benzene ring substituents is 1. The molecule has 0 saturated carbocycles. The highest BCUT2D eigenvalue weighted by Gasteiger charge is 2.20. The van der Waals surface area contributed by atoms with Gasteiger partial charge in [0.1, 0.15) is 6.33 Å². The van der Waals surface area contributed by atoms with Crippen molar-refractivity contribution in [1.82, 2.24) is 19.7 Å². The summed E-state index contributed by atoms with van der Waals surface area (Å²) in [5, 5.41) is 24.4. The molecule has 33 heavy (non-hydrogen) atoms. The van der Waals surface area contributed by atoms with Crippen molar-refractivity contribution in [3.05, 3.63) is 75.4 Å². The van der Waals surface area contributed by atoms with Crippen LogP contribution in [-0.2, 0) is 4.79 Å². The highest BCUT2D eigenvalue weighted by molar-refractivity contribution is 8.00. The summed E-state index contributed by atoms with van der Waals surface area (Å²) in [5.74, 6) is -0.227. The maximum atomic E-state index is 12.8. The number of benzene rings is 2. The van der Waals surface area contributed by atoms with E-state index in [4.69, 9.17) is 0 Å². The van der Waals surface area contributed by atoms with E-state index in [9.17, 15) is 14.9 Å². The number of aromatic nitrogens is 4. The molecule has 11 heteroatoms. The van der Waals surface area contributed by atoms with Gasteiger partial charge in [0.25, 0.3) is 5.69 Å². The van der Waals surface area contributed by atoms with Crippen molar-refractivity contribution in [3.8, 4) is 16.9 Å². The molecule has 0 aliphatic rings. The predicted molar refractivity (Wildman–Crippen MR) is 129 cm³/mol. The van der Waals surface area contributed by atoms with E-state index in [2.05, 4.69) is 26.6 Å². The van der Waals surface area contributed by atoms with Crippen LogP contribution in [0.25, 0.3) is 16.9 Å². The summed E-state index contributed by atoms with van der Waals surface area (Å²) >= 11 is 2.56. The van der Waals surface area contributed by atoms with Crippen LogP contribution < -0.4 is 5.32 Å². The van der Waals surface area contributed by atoms with Crippen LogP contribution in [0, 0.1) is 24.0 Å². The van der Waals surface area contributed by atoms with Gasteiger partial charge >= 0.3 is 0 Å². The molecule has 4 rings (SSSR count). The molecule has 2 aromatic heterocycles. The molecule has 0 aliphatic heterocycles. The minimum Gasteiger partial charge on any atom is -0.301 e. The summed E-state index contributed by atoms with van der Waals surface area (Å²) in [4.78, 5) is 27.7. The summed E-state index contributed by atoms with van der Waals surface area (Å²) in [6.45, 7) is 5.85. The van der Waals surface area contributed by atoms with Gasteiger partial charge in [0.15, 0.2) is 10.3 Å². The molecule has 4 aromatic rings. The number of nitrogens with zero attached hydrogens (tertiary/aromatic N) is 5. The van der Waals surface area contributed by atoms with Crippen molar-refractivity contribution >= 4 is 39.8 Å². The zero-order valence-corrected chi connectivity index (χ0v) is 19.7. The van der Waals surface area contributed by atoms with Crippen LogP contribution >= 0.6 is 23.1 Å². The van der Waals surface area contributed by atoms with Crippen molar-refractivity contribution in [3.63, 3.8) is 0 Å². The fourth-order valence-corrected chi connectivity index (χ4v) is 4.77. The normalized spacial score (nSPS) is 11.8. The largest absolute Gasteiger partial charge is 0.301 e. The second-order valence-corrected chi connectivity index (χ2v) is 9.53. The lowest BCUT2D eigenvalue weighted by atomic mass is 10.1. The average molecular weight is 481 g/mol. The lowest BCUT2D eigenvalue weighted by Gasteiger charge is -2.13. The number of rotatable bonds is 7. The van der Waals surface area contributed by atoms with Crippen LogP contribution in [0.5, 0.6) is 0 Å². The molecule has 0 saturated heterocycles. The summed E-state index contributed by atoms with van der Waals surface area (Å²) in [5.41, 5.74) is 4.38. The van der Waals surface area contributed by atoms with Gasteiger partial charge in [-0.05, 0) is 32.4 Å². The first kappa shape index (κ1) is 22.6. The van der Waals surface area contributed by atoms with Crippen LogP contribution in [0.2, 0.25) is 0 Å². The van der Waals surface area contributed by atoms with Gasteiger partial charge in [-0.2, -0.15) is 0 Å². The molecule has 1 amide bonds. The van der Waals surface area contributed by atoms with E-state index in [1.54, 1.807) is 30.8 Å². The van der Waals surface area contributed by atoms with E-state index in [1.165, 1.54) is 40.8 Å². The minimum absolute atomic E-state index is 0.0102. The summed E-state index contributed by atoms with van der Waals surface area (Å²) in [6.07, 6.45) is 1.64. The van der Waals surface area contributed by atoms with Crippen LogP contribution in [-0.4, -0.2) is 35.8 Å². The van der Waals surface area contributed by atoms with Crippen molar-refractivity contribution in [1.29, 1.82) is 0 Å². The smallest absolute Gasteiger partial charge is 0.270 e. The number of thiazole rings is 1. The number of carbonyl (C=O) groups is 1. The third-order valence-electron chi connectivity index (χ3n) is 4.87. The lowest BCUT2D eigenvalue weighted by Crippen LogP contribution is -2.22. The molecule has 0 bridgehead atoms. The Morgan fingerprint density at radius 1 is 1.24 bits per heavy atom. The van der Waals surface area contributed by atoms with Gasteiger partial charge in [0.05, 0.1) is 21.6 Å². The van der Waals surface area contributed by atoms with Crippen LogP contribution in [0.1, 0.15) is 18.1 Å². The number of amides is 1. The van der Waals surface area contributed by atoms with E-state index in [-0.39, 0.29) is 11.6 Å². The summed E-state index contributed by atoms with van der Waals surface area (Å²) < 4.78 is 1.87. The third kappa shape index (κ3) is 5.10. The number of hydrogen-bond donors (Lipinski definition) is 1. The molecule has 168 valence electrons. The van der Waals surface area contributed by atoms with Gasteiger partial charge in [0.2, 0.25) is 5.91 Å². The van der Waals surface area contributed by atoms with Gasteiger partial charge in [0, 0.05) is 23.1 Å². The Morgan fingerprint density at radius 2 is 2.06 bits per heavy atom. The van der Waals surface area contributed by atoms with E-state index < -0.39 is 10.2 Å². The molecular formula is C22H20N6O3S2. The molecular weight excluding hydrogens is 460 g/mol. The Kier molecular flexibility index (Phi) is 6.52. The Balaban J connectivity index is 1.45. The lowest BCUT2D eigenvalue weighted by molar-refractivity contribution is -0.384. The van der Waals surface area contributed by atoms with E-state index in [0.29, 0.717) is 21.5 Å². The molecule has 0 spiro atoms. The Hall–Kier alpha value is -3.57. The molecule has 1 N–H and O–H groups in total. The third-order valence-corrected chi connectivity index (χ3v) is 6.68. The highest BCUT2D eigenvalue weighted by Crippen LogP contribution is 2.29. The summed E-state index contributed by atoms with van der Waals surface area (Å²) in [6, 6.07) is 12.3. The van der Waals surface area contributed by atoms with Crippen molar-refractivity contribution in [2.75, 3.05) is 5.32 Å². The number of aryl methyl sites for hydroxylation is 2. The number of nitro groups is 1. The molecule has 2 aromatic carbocycles. The molecule has 1 unspecified atom stereocenters. The Bertz CT molecular complexity index is 1330. The van der Waals surface area contributed by atoms with E-state index in [1.807, 2.05) is 30.5 Å². The maximum absolute atomic E-state index is 12.8. The first-order valence-corrected chi connectivity index (χ1v) is 11.7. The zero-order valence-electron chi connectivity index (χ0n) is 18.1. The fourth-order valence-electron chi connectivity index (χ4n) is 3.21. The fraction of sp³-hybridized carbons (Fsp3) is 0.182. The number of nitrogens with one attached hydrogen (secondary N) is 1. The second-order valence-electron chi connectivity index (χ2n) is 7.37. The standard InChI is InChI=1S/C22H20N6O3S2/c1-13-7-8-19(14(2)9-13)27-12-23-26-22(27)33-15(3)20(29)25-21-24-18(11-32-21)16-5-4-6-17(10-16)28(30)31/h4-12,15H,1-3H3,(H,24,25,29). The van der Waals surface area contributed by atoms with E-state index >= 15 is 0 Å². The van der Waals surface area contributed by atoms with Crippen molar-refractivity contribution in [2.45, 2.75) is 31.2 Å². The molecule has 2 heterocycles. The average Bonchev–Trinajstić information content (AvgIpc) is 3.43. The second kappa shape index (κ2) is 9.51.